The van der Waals surface area contributed by atoms with Gasteiger partial charge in [0.1, 0.15) is 9.79 Å². The Bertz CT molecular complexity index is 1130. The summed E-state index contributed by atoms with van der Waals surface area (Å²) in [6.45, 7) is 0.984. The van der Waals surface area contributed by atoms with Crippen molar-refractivity contribution in [3.8, 4) is 0 Å². The average Bonchev–Trinajstić information content (AvgIpc) is 3.14. The number of alkyl halides is 2. The van der Waals surface area contributed by atoms with E-state index in [-0.39, 0.29) is 47.4 Å². The Hall–Kier alpha value is -1.90. The summed E-state index contributed by atoms with van der Waals surface area (Å²) in [6, 6.07) is 0. The van der Waals surface area contributed by atoms with Crippen LogP contribution in [-0.2, 0) is 27.1 Å². The van der Waals surface area contributed by atoms with Gasteiger partial charge in [-0.3, -0.25) is 4.68 Å². The first-order chi connectivity index (χ1) is 13.4. The van der Waals surface area contributed by atoms with Crippen molar-refractivity contribution >= 4 is 20.0 Å². The van der Waals surface area contributed by atoms with Crippen molar-refractivity contribution in [3.63, 3.8) is 0 Å². The number of hydrogen-bond donors (Lipinski definition) is 0. The van der Waals surface area contributed by atoms with E-state index in [0.29, 0.717) is 10.4 Å². The summed E-state index contributed by atoms with van der Waals surface area (Å²) < 4.78 is 81.9. The molecule has 0 aromatic carbocycles. The average molecular weight is 453 g/mol. The molecular formula is C15H22F2N6O4S2. The van der Waals surface area contributed by atoms with E-state index in [4.69, 9.17) is 0 Å². The molecule has 1 fully saturated rings. The zero-order valence-electron chi connectivity index (χ0n) is 16.4. The highest BCUT2D eigenvalue weighted by Gasteiger charge is 2.37. The van der Waals surface area contributed by atoms with E-state index in [9.17, 15) is 25.6 Å². The van der Waals surface area contributed by atoms with Crippen molar-refractivity contribution in [2.75, 3.05) is 26.2 Å². The Labute approximate surface area is 167 Å². The quantitative estimate of drug-likeness (QED) is 0.658. The van der Waals surface area contributed by atoms with E-state index in [1.807, 2.05) is 0 Å². The Morgan fingerprint density at radius 3 is 1.86 bits per heavy atom. The van der Waals surface area contributed by atoms with Crippen LogP contribution in [0.1, 0.15) is 23.6 Å². The molecule has 14 heteroatoms. The molecule has 1 aliphatic rings. The summed E-state index contributed by atoms with van der Waals surface area (Å²) in [7, 11) is -6.28. The van der Waals surface area contributed by atoms with Gasteiger partial charge in [-0.05, 0) is 20.8 Å². The Morgan fingerprint density at radius 1 is 0.931 bits per heavy atom. The van der Waals surface area contributed by atoms with Crippen molar-refractivity contribution in [3.05, 3.63) is 23.3 Å². The van der Waals surface area contributed by atoms with Crippen LogP contribution < -0.4 is 0 Å². The van der Waals surface area contributed by atoms with E-state index in [1.54, 1.807) is 14.0 Å². The fourth-order valence-electron chi connectivity index (χ4n) is 3.36. The molecule has 1 saturated heterocycles. The van der Waals surface area contributed by atoms with Gasteiger partial charge in [-0.2, -0.15) is 27.6 Å². The third-order valence-corrected chi connectivity index (χ3v) is 9.20. The fourth-order valence-corrected chi connectivity index (χ4v) is 6.75. The highest BCUT2D eigenvalue weighted by Crippen LogP contribution is 2.28. The van der Waals surface area contributed by atoms with Gasteiger partial charge >= 0.3 is 6.55 Å². The van der Waals surface area contributed by atoms with E-state index < -0.39 is 26.6 Å². The van der Waals surface area contributed by atoms with Gasteiger partial charge in [0, 0.05) is 33.2 Å². The van der Waals surface area contributed by atoms with Gasteiger partial charge in [0.25, 0.3) is 0 Å². The van der Waals surface area contributed by atoms with Crippen LogP contribution in [0.25, 0.3) is 0 Å². The number of nitrogens with zero attached hydrogens (tertiary/aromatic N) is 6. The Balaban J connectivity index is 1.83. The molecule has 2 aromatic heterocycles. The minimum atomic E-state index is -4.09. The van der Waals surface area contributed by atoms with Gasteiger partial charge in [-0.25, -0.2) is 21.5 Å². The summed E-state index contributed by atoms with van der Waals surface area (Å²) in [4.78, 5) is -0.196. The first-order valence-electron chi connectivity index (χ1n) is 8.71. The first kappa shape index (κ1) is 21.8. The lowest BCUT2D eigenvalue weighted by molar-refractivity contribution is 0.0538. The van der Waals surface area contributed by atoms with Crippen LogP contribution in [0.2, 0.25) is 0 Å². The highest BCUT2D eigenvalue weighted by molar-refractivity contribution is 7.89. The molecule has 3 heterocycles. The maximum Gasteiger partial charge on any atom is 0.333 e. The molecular weight excluding hydrogens is 430 g/mol. The first-order valence-corrected chi connectivity index (χ1v) is 11.6. The lowest BCUT2D eigenvalue weighted by Crippen LogP contribution is -2.50. The van der Waals surface area contributed by atoms with Crippen molar-refractivity contribution < 1.29 is 25.6 Å². The van der Waals surface area contributed by atoms with Gasteiger partial charge in [0.15, 0.2) is 0 Å². The highest BCUT2D eigenvalue weighted by atomic mass is 32.2. The lowest BCUT2D eigenvalue weighted by atomic mass is 10.4. The standard InChI is InChI=1S/C15H22F2N6O4S2/c1-10-14(12(3)23(19-10)15(16)17)29(26,27)22-7-5-21(6-8-22)28(24,25)13-9-18-20(4)11(13)2/h9,15H,5-8H2,1-4H3. The van der Waals surface area contributed by atoms with Gasteiger partial charge < -0.3 is 0 Å². The van der Waals surface area contributed by atoms with Crippen LogP contribution in [0.15, 0.2) is 16.0 Å². The number of hydrogen-bond acceptors (Lipinski definition) is 6. The number of aromatic nitrogens is 4. The van der Waals surface area contributed by atoms with Crippen LogP contribution in [0.4, 0.5) is 8.78 Å². The van der Waals surface area contributed by atoms with Crippen molar-refractivity contribution in [2.45, 2.75) is 37.1 Å². The predicted octanol–water partition coefficient (Wildman–Crippen LogP) is 0.632. The fraction of sp³-hybridized carbons (Fsp3) is 0.600. The zero-order valence-corrected chi connectivity index (χ0v) is 18.0. The van der Waals surface area contributed by atoms with Crippen molar-refractivity contribution in [1.82, 2.24) is 28.2 Å². The largest absolute Gasteiger partial charge is 0.333 e. The molecule has 1 aliphatic heterocycles. The maximum atomic E-state index is 13.0. The summed E-state index contributed by atoms with van der Waals surface area (Å²) in [5, 5.41) is 7.56. The summed E-state index contributed by atoms with van der Waals surface area (Å²) in [5.41, 5.74) is 0.299. The maximum absolute atomic E-state index is 13.0. The molecule has 3 rings (SSSR count). The van der Waals surface area contributed by atoms with Gasteiger partial charge in [0.2, 0.25) is 20.0 Å². The molecule has 0 amide bonds. The number of piperazine rings is 1. The molecule has 29 heavy (non-hydrogen) atoms. The topological polar surface area (TPSA) is 110 Å². The number of aryl methyl sites for hydroxylation is 2. The van der Waals surface area contributed by atoms with Gasteiger partial charge in [-0.1, -0.05) is 0 Å². The molecule has 0 aliphatic carbocycles. The molecule has 0 N–H and O–H groups in total. The Kier molecular flexibility index (Phi) is 5.57. The van der Waals surface area contributed by atoms with Crippen LogP contribution in [0.3, 0.4) is 0 Å². The second-order valence-electron chi connectivity index (χ2n) is 6.75. The normalized spacial score (nSPS) is 17.3. The number of rotatable bonds is 5. The molecule has 0 radical (unpaired) electrons. The molecule has 2 aromatic rings. The number of sulfonamides is 2. The molecule has 0 bridgehead atoms. The number of halogens is 2. The van der Waals surface area contributed by atoms with E-state index in [1.165, 1.54) is 29.0 Å². The molecule has 10 nitrogen and oxygen atoms in total. The third-order valence-electron chi connectivity index (χ3n) is 5.05. The van der Waals surface area contributed by atoms with Gasteiger partial charge in [0.05, 0.1) is 23.3 Å². The Morgan fingerprint density at radius 2 is 1.45 bits per heavy atom. The minimum Gasteiger partial charge on any atom is -0.272 e. The molecule has 0 saturated carbocycles. The van der Waals surface area contributed by atoms with E-state index in [2.05, 4.69) is 10.2 Å². The smallest absolute Gasteiger partial charge is 0.272 e. The molecule has 0 unspecified atom stereocenters. The molecule has 0 atom stereocenters. The van der Waals surface area contributed by atoms with Crippen LogP contribution >= 0.6 is 0 Å². The minimum absolute atomic E-state index is 0.0242. The SMILES string of the molecule is Cc1nn(C(F)F)c(C)c1S(=O)(=O)N1CCN(S(=O)(=O)c2cnn(C)c2C)CC1. The van der Waals surface area contributed by atoms with Crippen LogP contribution in [0.5, 0.6) is 0 Å². The van der Waals surface area contributed by atoms with Crippen LogP contribution in [0, 0.1) is 20.8 Å². The lowest BCUT2D eigenvalue weighted by Gasteiger charge is -2.33. The molecule has 162 valence electrons. The van der Waals surface area contributed by atoms with Crippen molar-refractivity contribution in [2.24, 2.45) is 7.05 Å². The second-order valence-corrected chi connectivity index (χ2v) is 10.5. The van der Waals surface area contributed by atoms with E-state index >= 15 is 0 Å². The molecule has 0 spiro atoms. The third kappa shape index (κ3) is 3.58. The zero-order chi connectivity index (χ0) is 21.7. The second kappa shape index (κ2) is 7.41. The monoisotopic (exact) mass is 452 g/mol. The summed E-state index contributed by atoms with van der Waals surface area (Å²) in [6.07, 6.45) is 1.26. The van der Waals surface area contributed by atoms with Crippen molar-refractivity contribution in [1.29, 1.82) is 0 Å². The van der Waals surface area contributed by atoms with Gasteiger partial charge in [-0.15, -0.1) is 0 Å². The summed E-state index contributed by atoms with van der Waals surface area (Å²) >= 11 is 0. The summed E-state index contributed by atoms with van der Waals surface area (Å²) in [5.74, 6) is 0. The van der Waals surface area contributed by atoms with Crippen LogP contribution in [-0.4, -0.2) is 71.2 Å². The predicted molar refractivity (Wildman–Crippen MR) is 98.4 cm³/mol. The van der Waals surface area contributed by atoms with E-state index in [0.717, 1.165) is 4.31 Å².